The van der Waals surface area contributed by atoms with Crippen LogP contribution in [0.1, 0.15) is 5.56 Å². The first kappa shape index (κ1) is 20.1. The normalized spacial score (nSPS) is 14.2. The highest BCUT2D eigenvalue weighted by molar-refractivity contribution is 6.42. The lowest BCUT2D eigenvalue weighted by atomic mass is 10.1. The Bertz CT molecular complexity index is 1200. The van der Waals surface area contributed by atoms with Gasteiger partial charge in [0, 0.05) is 43.3 Å². The molecule has 0 atom stereocenters. The fourth-order valence-corrected chi connectivity index (χ4v) is 4.08. The zero-order chi connectivity index (χ0) is 21.2. The van der Waals surface area contributed by atoms with E-state index in [1.54, 1.807) is 12.3 Å². The molecule has 0 radical (unpaired) electrons. The molecule has 0 spiro atoms. The molecule has 6 nitrogen and oxygen atoms in total. The first-order valence-electron chi connectivity index (χ1n) is 10.1. The molecule has 1 aliphatic rings. The SMILES string of the molecule is Clc1ccc(CNc2ncc(-c3ccc(N4CCOCC4)cc3)n3ccnc23)cc1Cl. The predicted octanol–water partition coefficient (Wildman–Crippen LogP) is 5.15. The molecule has 0 unspecified atom stereocenters. The molecule has 0 bridgehead atoms. The Labute approximate surface area is 190 Å². The number of aromatic nitrogens is 3. The van der Waals surface area contributed by atoms with Gasteiger partial charge in [0.1, 0.15) is 0 Å². The Morgan fingerprint density at radius 2 is 1.77 bits per heavy atom. The maximum atomic E-state index is 6.12. The summed E-state index contributed by atoms with van der Waals surface area (Å²) in [7, 11) is 0. The lowest BCUT2D eigenvalue weighted by Crippen LogP contribution is -2.36. The minimum Gasteiger partial charge on any atom is -0.378 e. The van der Waals surface area contributed by atoms with Crippen LogP contribution in [0.3, 0.4) is 0 Å². The number of nitrogens with one attached hydrogen (secondary N) is 1. The summed E-state index contributed by atoms with van der Waals surface area (Å²) >= 11 is 12.1. The van der Waals surface area contributed by atoms with Crippen LogP contribution in [0.15, 0.2) is 61.1 Å². The monoisotopic (exact) mass is 453 g/mol. The third kappa shape index (κ3) is 4.19. The lowest BCUT2D eigenvalue weighted by molar-refractivity contribution is 0.122. The van der Waals surface area contributed by atoms with Gasteiger partial charge in [-0.2, -0.15) is 0 Å². The van der Waals surface area contributed by atoms with E-state index in [0.29, 0.717) is 22.4 Å². The molecule has 3 heterocycles. The Balaban J connectivity index is 1.38. The van der Waals surface area contributed by atoms with E-state index in [-0.39, 0.29) is 0 Å². The van der Waals surface area contributed by atoms with Crippen LogP contribution >= 0.6 is 23.2 Å². The van der Waals surface area contributed by atoms with Crippen molar-refractivity contribution in [3.8, 4) is 11.3 Å². The van der Waals surface area contributed by atoms with E-state index < -0.39 is 0 Å². The zero-order valence-electron chi connectivity index (χ0n) is 16.8. The summed E-state index contributed by atoms with van der Waals surface area (Å²) in [5.74, 6) is 0.713. The van der Waals surface area contributed by atoms with Gasteiger partial charge in [0.25, 0.3) is 0 Å². The van der Waals surface area contributed by atoms with Crippen molar-refractivity contribution in [1.82, 2.24) is 14.4 Å². The molecule has 1 fully saturated rings. The summed E-state index contributed by atoms with van der Waals surface area (Å²) in [6.07, 6.45) is 5.61. The second-order valence-corrected chi connectivity index (χ2v) is 8.18. The summed E-state index contributed by atoms with van der Waals surface area (Å²) in [6.45, 7) is 3.97. The van der Waals surface area contributed by atoms with Crippen molar-refractivity contribution in [3.63, 3.8) is 0 Å². The number of halogens is 2. The molecular weight excluding hydrogens is 433 g/mol. The minimum absolute atomic E-state index is 0.538. The Morgan fingerprint density at radius 1 is 0.968 bits per heavy atom. The second-order valence-electron chi connectivity index (χ2n) is 7.36. The fourth-order valence-electron chi connectivity index (χ4n) is 3.76. The molecule has 4 aromatic rings. The quantitative estimate of drug-likeness (QED) is 0.452. The average molecular weight is 454 g/mol. The van der Waals surface area contributed by atoms with Gasteiger partial charge < -0.3 is 15.0 Å². The van der Waals surface area contributed by atoms with Crippen LogP contribution in [0.4, 0.5) is 11.5 Å². The molecular formula is C23H21Cl2N5O. The zero-order valence-corrected chi connectivity index (χ0v) is 18.3. The first-order chi connectivity index (χ1) is 15.2. The van der Waals surface area contributed by atoms with Gasteiger partial charge in [0.05, 0.1) is 35.1 Å². The fraction of sp³-hybridized carbons (Fsp3) is 0.217. The number of hydrogen-bond acceptors (Lipinski definition) is 5. The highest BCUT2D eigenvalue weighted by atomic mass is 35.5. The summed E-state index contributed by atoms with van der Waals surface area (Å²) in [5.41, 5.74) is 5.07. The van der Waals surface area contributed by atoms with Crippen LogP contribution in [-0.4, -0.2) is 40.7 Å². The molecule has 2 aromatic heterocycles. The topological polar surface area (TPSA) is 54.7 Å². The predicted molar refractivity (Wildman–Crippen MR) is 125 cm³/mol. The van der Waals surface area contributed by atoms with E-state index in [1.165, 1.54) is 5.69 Å². The van der Waals surface area contributed by atoms with E-state index in [9.17, 15) is 0 Å². The molecule has 1 saturated heterocycles. The molecule has 1 N–H and O–H groups in total. The number of nitrogens with zero attached hydrogens (tertiary/aromatic N) is 4. The number of benzene rings is 2. The Morgan fingerprint density at radius 3 is 2.55 bits per heavy atom. The van der Waals surface area contributed by atoms with Crippen LogP contribution in [0.5, 0.6) is 0 Å². The van der Waals surface area contributed by atoms with Crippen LogP contribution < -0.4 is 10.2 Å². The minimum atomic E-state index is 0.538. The number of anilines is 2. The maximum Gasteiger partial charge on any atom is 0.180 e. The van der Waals surface area contributed by atoms with Crippen molar-refractivity contribution in [2.45, 2.75) is 6.54 Å². The number of hydrogen-bond donors (Lipinski definition) is 1. The molecule has 2 aromatic carbocycles. The van der Waals surface area contributed by atoms with E-state index in [2.05, 4.69) is 44.5 Å². The summed E-state index contributed by atoms with van der Waals surface area (Å²) < 4.78 is 7.49. The molecule has 0 aliphatic carbocycles. The Kier molecular flexibility index (Phi) is 5.68. The van der Waals surface area contributed by atoms with Crippen LogP contribution in [0.25, 0.3) is 16.9 Å². The second kappa shape index (κ2) is 8.75. The largest absolute Gasteiger partial charge is 0.378 e. The highest BCUT2D eigenvalue weighted by Crippen LogP contribution is 2.27. The van der Waals surface area contributed by atoms with E-state index in [1.807, 2.05) is 28.9 Å². The van der Waals surface area contributed by atoms with Crippen molar-refractivity contribution in [2.24, 2.45) is 0 Å². The third-order valence-electron chi connectivity index (χ3n) is 5.41. The molecule has 8 heteroatoms. The smallest absolute Gasteiger partial charge is 0.180 e. The maximum absolute atomic E-state index is 6.12. The van der Waals surface area contributed by atoms with Gasteiger partial charge in [0.15, 0.2) is 11.5 Å². The van der Waals surface area contributed by atoms with Gasteiger partial charge in [-0.05, 0) is 29.8 Å². The van der Waals surface area contributed by atoms with Crippen molar-refractivity contribution >= 4 is 40.4 Å². The van der Waals surface area contributed by atoms with Gasteiger partial charge in [-0.15, -0.1) is 0 Å². The van der Waals surface area contributed by atoms with Gasteiger partial charge in [-0.1, -0.05) is 41.4 Å². The molecule has 158 valence electrons. The van der Waals surface area contributed by atoms with Crippen LogP contribution in [0.2, 0.25) is 10.0 Å². The molecule has 1 aliphatic heterocycles. The van der Waals surface area contributed by atoms with E-state index in [0.717, 1.165) is 48.8 Å². The average Bonchev–Trinajstić information content (AvgIpc) is 3.31. The standard InChI is InChI=1S/C23H21Cl2N5O/c24-19-6-1-16(13-20(19)25)14-27-22-23-26-7-8-30(23)21(15-28-22)17-2-4-18(5-3-17)29-9-11-31-12-10-29/h1-8,13,15H,9-12,14H2,(H,27,28). The van der Waals surface area contributed by atoms with Crippen molar-refractivity contribution < 1.29 is 4.74 Å². The van der Waals surface area contributed by atoms with E-state index >= 15 is 0 Å². The number of ether oxygens (including phenoxy) is 1. The van der Waals surface area contributed by atoms with Crippen LogP contribution in [-0.2, 0) is 11.3 Å². The number of rotatable bonds is 5. The molecule has 0 amide bonds. The molecule has 31 heavy (non-hydrogen) atoms. The van der Waals surface area contributed by atoms with Gasteiger partial charge in [-0.3, -0.25) is 4.40 Å². The highest BCUT2D eigenvalue weighted by Gasteiger charge is 2.13. The molecule has 5 rings (SSSR count). The number of fused-ring (bicyclic) bond motifs is 1. The summed E-state index contributed by atoms with van der Waals surface area (Å²) in [6, 6.07) is 14.1. The van der Waals surface area contributed by atoms with Crippen LogP contribution in [0, 0.1) is 0 Å². The van der Waals surface area contributed by atoms with Gasteiger partial charge in [-0.25, -0.2) is 9.97 Å². The summed E-state index contributed by atoms with van der Waals surface area (Å²) in [5, 5.41) is 4.44. The summed E-state index contributed by atoms with van der Waals surface area (Å²) in [4.78, 5) is 11.5. The van der Waals surface area contributed by atoms with E-state index in [4.69, 9.17) is 27.9 Å². The lowest BCUT2D eigenvalue weighted by Gasteiger charge is -2.28. The van der Waals surface area contributed by atoms with Crippen molar-refractivity contribution in [2.75, 3.05) is 36.5 Å². The van der Waals surface area contributed by atoms with Crippen molar-refractivity contribution in [1.29, 1.82) is 0 Å². The first-order valence-corrected chi connectivity index (χ1v) is 10.9. The third-order valence-corrected chi connectivity index (χ3v) is 6.15. The number of morpholine rings is 1. The van der Waals surface area contributed by atoms with Gasteiger partial charge >= 0.3 is 0 Å². The Hall–Kier alpha value is -2.80. The molecule has 0 saturated carbocycles. The number of imidazole rings is 1. The van der Waals surface area contributed by atoms with Crippen molar-refractivity contribution in [3.05, 3.63) is 76.7 Å². The van der Waals surface area contributed by atoms with Gasteiger partial charge in [0.2, 0.25) is 0 Å².